The van der Waals surface area contributed by atoms with Crippen molar-refractivity contribution in [3.63, 3.8) is 0 Å². The smallest absolute Gasteiger partial charge is 0.377 e. The molecule has 6 heteroatoms. The van der Waals surface area contributed by atoms with E-state index in [2.05, 4.69) is 5.32 Å². The highest BCUT2D eigenvalue weighted by molar-refractivity contribution is 5.88. The van der Waals surface area contributed by atoms with Gasteiger partial charge in [0.1, 0.15) is 19.5 Å². The third kappa shape index (κ3) is 4.65. The van der Waals surface area contributed by atoms with Gasteiger partial charge in [-0.25, -0.2) is 4.79 Å². The largest absolute Gasteiger partial charge is 0.493 e. The third-order valence-electron chi connectivity index (χ3n) is 2.57. The second-order valence-electron chi connectivity index (χ2n) is 4.38. The molecule has 0 aromatic carbocycles. The van der Waals surface area contributed by atoms with Gasteiger partial charge in [0.15, 0.2) is 6.61 Å². The molecule has 0 fully saturated rings. The number of hydrogen-bond acceptors (Lipinski definition) is 5. The summed E-state index contributed by atoms with van der Waals surface area (Å²) in [6, 6.07) is 0.0321. The first-order chi connectivity index (χ1) is 8.50. The van der Waals surface area contributed by atoms with Crippen molar-refractivity contribution in [3.8, 4) is 0 Å². The van der Waals surface area contributed by atoms with E-state index in [4.69, 9.17) is 14.2 Å². The van der Waals surface area contributed by atoms with E-state index in [-0.39, 0.29) is 24.3 Å². The van der Waals surface area contributed by atoms with E-state index < -0.39 is 5.97 Å². The Bertz CT molecular complexity index is 337. The summed E-state index contributed by atoms with van der Waals surface area (Å²) < 4.78 is 14.7. The quantitative estimate of drug-likeness (QED) is 0.729. The molecule has 0 saturated heterocycles. The number of carbonyl (C=O) groups is 2. The standard InChI is InChI=1S/C12H19NO5/c1-8(2)9(3)13-11(14)7-18-12(15)10-6-16-4-5-17-10/h6,8-9H,4-5,7H2,1-3H3,(H,13,14)/t9-/m0/s1. The summed E-state index contributed by atoms with van der Waals surface area (Å²) in [6.07, 6.45) is 1.19. The van der Waals surface area contributed by atoms with Gasteiger partial charge in [-0.05, 0) is 12.8 Å². The zero-order chi connectivity index (χ0) is 13.5. The Morgan fingerprint density at radius 3 is 2.67 bits per heavy atom. The first kappa shape index (κ1) is 14.3. The molecule has 1 atom stereocenters. The highest BCUT2D eigenvalue weighted by Gasteiger charge is 2.18. The minimum Gasteiger partial charge on any atom is -0.493 e. The van der Waals surface area contributed by atoms with Crippen LogP contribution >= 0.6 is 0 Å². The Labute approximate surface area is 106 Å². The van der Waals surface area contributed by atoms with E-state index in [9.17, 15) is 9.59 Å². The van der Waals surface area contributed by atoms with Gasteiger partial charge in [0, 0.05) is 6.04 Å². The number of carbonyl (C=O) groups excluding carboxylic acids is 2. The lowest BCUT2D eigenvalue weighted by atomic mass is 10.1. The average molecular weight is 257 g/mol. The van der Waals surface area contributed by atoms with Gasteiger partial charge in [-0.2, -0.15) is 0 Å². The van der Waals surface area contributed by atoms with Crippen molar-refractivity contribution in [1.29, 1.82) is 0 Å². The molecule has 0 bridgehead atoms. The van der Waals surface area contributed by atoms with Crippen LogP contribution in [0.15, 0.2) is 12.0 Å². The molecule has 0 aromatic heterocycles. The van der Waals surface area contributed by atoms with Crippen LogP contribution in [0.3, 0.4) is 0 Å². The predicted octanol–water partition coefficient (Wildman–Crippen LogP) is 0.578. The molecule has 1 aliphatic heterocycles. The van der Waals surface area contributed by atoms with Crippen LogP contribution in [0.4, 0.5) is 0 Å². The molecule has 0 saturated carbocycles. The molecule has 102 valence electrons. The first-order valence-corrected chi connectivity index (χ1v) is 5.91. The van der Waals surface area contributed by atoms with Crippen molar-refractivity contribution >= 4 is 11.9 Å². The first-order valence-electron chi connectivity index (χ1n) is 5.91. The molecular weight excluding hydrogens is 238 g/mol. The Hall–Kier alpha value is -1.72. The molecule has 1 N–H and O–H groups in total. The van der Waals surface area contributed by atoms with Crippen molar-refractivity contribution in [3.05, 3.63) is 12.0 Å². The van der Waals surface area contributed by atoms with Gasteiger partial charge in [-0.1, -0.05) is 13.8 Å². The summed E-state index contributed by atoms with van der Waals surface area (Å²) in [5.74, 6) is -0.711. The fraction of sp³-hybridized carbons (Fsp3) is 0.667. The average Bonchev–Trinajstić information content (AvgIpc) is 2.36. The molecule has 0 spiro atoms. The minimum absolute atomic E-state index is 0.00837. The lowest BCUT2D eigenvalue weighted by Gasteiger charge is -2.18. The van der Waals surface area contributed by atoms with Crippen LogP contribution < -0.4 is 5.32 Å². The molecule has 1 aliphatic rings. The van der Waals surface area contributed by atoms with Crippen LogP contribution in [0.25, 0.3) is 0 Å². The number of amides is 1. The lowest BCUT2D eigenvalue weighted by Crippen LogP contribution is -2.38. The zero-order valence-electron chi connectivity index (χ0n) is 10.9. The Morgan fingerprint density at radius 1 is 1.39 bits per heavy atom. The Kier molecular flexibility index (Phi) is 5.48. The molecule has 0 aromatic rings. The summed E-state index contributed by atoms with van der Waals surface area (Å²) in [7, 11) is 0. The highest BCUT2D eigenvalue weighted by Crippen LogP contribution is 2.06. The monoisotopic (exact) mass is 257 g/mol. The van der Waals surface area contributed by atoms with Crippen molar-refractivity contribution < 1.29 is 23.8 Å². The van der Waals surface area contributed by atoms with Crippen LogP contribution in [-0.4, -0.2) is 37.7 Å². The number of nitrogens with one attached hydrogen (secondary N) is 1. The van der Waals surface area contributed by atoms with Crippen LogP contribution in [-0.2, 0) is 23.8 Å². The summed E-state index contributed by atoms with van der Waals surface area (Å²) in [5.41, 5.74) is 0. The number of ether oxygens (including phenoxy) is 3. The predicted molar refractivity (Wildman–Crippen MR) is 63.4 cm³/mol. The maximum atomic E-state index is 11.5. The minimum atomic E-state index is -0.693. The maximum Gasteiger partial charge on any atom is 0.377 e. The van der Waals surface area contributed by atoms with Gasteiger partial charge in [0.05, 0.1) is 0 Å². The topological polar surface area (TPSA) is 73.9 Å². The fourth-order valence-corrected chi connectivity index (χ4v) is 1.14. The fourth-order valence-electron chi connectivity index (χ4n) is 1.14. The van der Waals surface area contributed by atoms with Gasteiger partial charge in [0.2, 0.25) is 5.76 Å². The molecule has 0 aliphatic carbocycles. The summed E-state index contributed by atoms with van der Waals surface area (Å²) >= 11 is 0. The molecule has 1 heterocycles. The molecule has 1 amide bonds. The molecule has 6 nitrogen and oxygen atoms in total. The van der Waals surface area contributed by atoms with Crippen LogP contribution in [0, 0.1) is 5.92 Å². The zero-order valence-corrected chi connectivity index (χ0v) is 10.9. The molecular formula is C12H19NO5. The lowest BCUT2D eigenvalue weighted by molar-refractivity contribution is -0.149. The molecule has 0 radical (unpaired) electrons. The number of rotatable bonds is 5. The van der Waals surface area contributed by atoms with E-state index in [0.29, 0.717) is 19.1 Å². The summed E-state index contributed by atoms with van der Waals surface area (Å²) in [5, 5.41) is 2.73. The van der Waals surface area contributed by atoms with E-state index in [0.717, 1.165) is 0 Å². The van der Waals surface area contributed by atoms with Gasteiger partial charge in [0.25, 0.3) is 5.91 Å². The highest BCUT2D eigenvalue weighted by atomic mass is 16.6. The van der Waals surface area contributed by atoms with Crippen molar-refractivity contribution in [2.24, 2.45) is 5.92 Å². The van der Waals surface area contributed by atoms with Crippen LogP contribution in [0.5, 0.6) is 0 Å². The van der Waals surface area contributed by atoms with E-state index >= 15 is 0 Å². The summed E-state index contributed by atoms with van der Waals surface area (Å²) in [6.45, 7) is 6.27. The molecule has 1 rings (SSSR count). The third-order valence-corrected chi connectivity index (χ3v) is 2.57. The van der Waals surface area contributed by atoms with Crippen molar-refractivity contribution in [2.45, 2.75) is 26.8 Å². The van der Waals surface area contributed by atoms with E-state index in [1.54, 1.807) is 0 Å². The normalized spacial score (nSPS) is 16.1. The molecule has 0 unspecified atom stereocenters. The maximum absolute atomic E-state index is 11.5. The molecule has 18 heavy (non-hydrogen) atoms. The van der Waals surface area contributed by atoms with Gasteiger partial charge in [-0.15, -0.1) is 0 Å². The van der Waals surface area contributed by atoms with Gasteiger partial charge < -0.3 is 19.5 Å². The van der Waals surface area contributed by atoms with Gasteiger partial charge in [-0.3, -0.25) is 4.79 Å². The van der Waals surface area contributed by atoms with Gasteiger partial charge >= 0.3 is 5.97 Å². The second-order valence-corrected chi connectivity index (χ2v) is 4.38. The number of esters is 1. The number of hydrogen-bond donors (Lipinski definition) is 1. The van der Waals surface area contributed by atoms with Crippen LogP contribution in [0.1, 0.15) is 20.8 Å². The summed E-state index contributed by atoms with van der Waals surface area (Å²) in [4.78, 5) is 22.9. The van der Waals surface area contributed by atoms with E-state index in [1.807, 2.05) is 20.8 Å². The SMILES string of the molecule is CC(C)[C@H](C)NC(=O)COC(=O)C1=COCCO1. The Morgan fingerprint density at radius 2 is 2.11 bits per heavy atom. The Balaban J connectivity index is 2.29. The van der Waals surface area contributed by atoms with Crippen molar-refractivity contribution in [1.82, 2.24) is 5.32 Å². The van der Waals surface area contributed by atoms with E-state index in [1.165, 1.54) is 6.26 Å². The van der Waals surface area contributed by atoms with Crippen molar-refractivity contribution in [2.75, 3.05) is 19.8 Å². The second kappa shape index (κ2) is 6.88. The van der Waals surface area contributed by atoms with Crippen LogP contribution in [0.2, 0.25) is 0 Å².